The van der Waals surface area contributed by atoms with Crippen molar-refractivity contribution in [3.05, 3.63) is 0 Å². The summed E-state index contributed by atoms with van der Waals surface area (Å²) in [7, 11) is 0. The van der Waals surface area contributed by atoms with E-state index in [1.807, 2.05) is 0 Å². The molecule has 0 saturated carbocycles. The van der Waals surface area contributed by atoms with Crippen molar-refractivity contribution in [3.8, 4) is 0 Å². The predicted molar refractivity (Wildman–Crippen MR) is 72.4 cm³/mol. The number of halogens is 12. The zero-order chi connectivity index (χ0) is 19.6. The maximum Gasteiger partial charge on any atom is 0.431 e. The summed E-state index contributed by atoms with van der Waals surface area (Å²) in [6.45, 7) is 0.290. The minimum Gasteiger partial charge on any atom is -0.234 e. The molecule has 0 aromatic rings. The number of hydrogen-bond acceptors (Lipinski definition) is 0. The van der Waals surface area contributed by atoms with E-state index < -0.39 is 59.5 Å². The summed E-state index contributed by atoms with van der Waals surface area (Å²) in [5.41, 5.74) is -8.90. The van der Waals surface area contributed by atoms with Gasteiger partial charge in [0.05, 0.1) is 0 Å². The van der Waals surface area contributed by atoms with Gasteiger partial charge in [0.1, 0.15) is 0 Å². The zero-order valence-electron chi connectivity index (χ0n) is 12.1. The molecular weight excluding hydrogens is 480 g/mol. The molecule has 2 atom stereocenters. The van der Waals surface area contributed by atoms with Crippen LogP contribution in [-0.4, -0.2) is 33.8 Å². The Bertz CT molecular complexity index is 379. The minimum atomic E-state index is -6.15. The first kappa shape index (κ1) is 24.0. The Hall–Kier alpha value is -0.0400. The molecule has 0 radical (unpaired) electrons. The first-order chi connectivity index (χ1) is 10.4. The van der Waals surface area contributed by atoms with Gasteiger partial charge in [-0.25, -0.2) is 8.78 Å². The lowest BCUT2D eigenvalue weighted by Gasteiger charge is -2.30. The lowest BCUT2D eigenvalue weighted by atomic mass is 9.94. The SMILES string of the molecule is CC(F)(CC(I)CCCCC(F)(C(F)(F)F)C(F)(F)F)C(F)(F)F. The van der Waals surface area contributed by atoms with Gasteiger partial charge in [0.25, 0.3) is 5.67 Å². The van der Waals surface area contributed by atoms with Gasteiger partial charge in [0.15, 0.2) is 0 Å². The third kappa shape index (κ3) is 6.04. The average Bonchev–Trinajstić information content (AvgIpc) is 2.29. The smallest absolute Gasteiger partial charge is 0.234 e. The number of alkyl halides is 12. The molecule has 146 valence electrons. The van der Waals surface area contributed by atoms with Gasteiger partial charge in [-0.3, -0.25) is 0 Å². The molecular formula is C12H14F11I. The van der Waals surface area contributed by atoms with Gasteiger partial charge in [-0.2, -0.15) is 39.5 Å². The van der Waals surface area contributed by atoms with Gasteiger partial charge in [-0.05, 0) is 26.2 Å². The van der Waals surface area contributed by atoms with Crippen LogP contribution < -0.4 is 0 Å². The van der Waals surface area contributed by atoms with E-state index in [0.717, 1.165) is 0 Å². The van der Waals surface area contributed by atoms with Gasteiger partial charge < -0.3 is 0 Å². The quantitative estimate of drug-likeness (QED) is 0.157. The average molecular weight is 494 g/mol. The molecule has 0 nitrogen and oxygen atoms in total. The lowest BCUT2D eigenvalue weighted by molar-refractivity contribution is -0.343. The number of rotatable bonds is 7. The second kappa shape index (κ2) is 7.68. The van der Waals surface area contributed by atoms with Crippen LogP contribution >= 0.6 is 22.6 Å². The fourth-order valence-corrected chi connectivity index (χ4v) is 3.08. The molecule has 2 unspecified atom stereocenters. The minimum absolute atomic E-state index is 0.276. The number of hydrogen-bond donors (Lipinski definition) is 0. The molecule has 0 aliphatic heterocycles. The molecule has 12 heteroatoms. The predicted octanol–water partition coefficient (Wildman–Crippen LogP) is 6.86. The van der Waals surface area contributed by atoms with Crippen molar-refractivity contribution in [2.24, 2.45) is 0 Å². The summed E-state index contributed by atoms with van der Waals surface area (Å²) in [5.74, 6) is 0. The van der Waals surface area contributed by atoms with E-state index in [4.69, 9.17) is 0 Å². The fourth-order valence-electron chi connectivity index (χ4n) is 1.81. The standard InChI is InChI=1S/C12H14F11I/c1-8(13,10(15,16)17)6-7(24)4-2-3-5-9(14,11(18,19)20)12(21,22)23/h7H,2-6H2,1H3. The summed E-state index contributed by atoms with van der Waals surface area (Å²) < 4.78 is 136. The molecule has 0 aromatic carbocycles. The molecule has 0 saturated heterocycles. The summed E-state index contributed by atoms with van der Waals surface area (Å²) in [5, 5.41) is 0. The van der Waals surface area contributed by atoms with Gasteiger partial charge in [-0.15, -0.1) is 0 Å². The molecule has 0 aliphatic carbocycles. The zero-order valence-corrected chi connectivity index (χ0v) is 14.3. The van der Waals surface area contributed by atoms with E-state index >= 15 is 0 Å². The molecule has 0 amide bonds. The van der Waals surface area contributed by atoms with Crippen LogP contribution in [0.1, 0.15) is 39.0 Å². The van der Waals surface area contributed by atoms with E-state index in [-0.39, 0.29) is 6.42 Å². The van der Waals surface area contributed by atoms with E-state index in [2.05, 4.69) is 0 Å². The van der Waals surface area contributed by atoms with Gasteiger partial charge >= 0.3 is 18.5 Å². The maximum absolute atomic E-state index is 13.4. The molecule has 24 heavy (non-hydrogen) atoms. The van der Waals surface area contributed by atoms with Crippen LogP contribution in [0.5, 0.6) is 0 Å². The summed E-state index contributed by atoms with van der Waals surface area (Å²) >= 11 is 1.42. The Morgan fingerprint density at radius 2 is 1.12 bits per heavy atom. The molecule has 0 fully saturated rings. The molecule has 0 aliphatic rings. The summed E-state index contributed by atoms with van der Waals surface area (Å²) in [4.78, 5) is 0. The molecule has 0 rings (SSSR count). The maximum atomic E-state index is 13.4. The van der Waals surface area contributed by atoms with Crippen molar-refractivity contribution in [3.63, 3.8) is 0 Å². The third-order valence-electron chi connectivity index (χ3n) is 3.38. The van der Waals surface area contributed by atoms with Crippen molar-refractivity contribution in [1.29, 1.82) is 0 Å². The first-order valence-electron chi connectivity index (χ1n) is 6.57. The van der Waals surface area contributed by atoms with Crippen molar-refractivity contribution in [2.75, 3.05) is 0 Å². The first-order valence-corrected chi connectivity index (χ1v) is 7.82. The Morgan fingerprint density at radius 1 is 0.708 bits per heavy atom. The Morgan fingerprint density at radius 3 is 1.46 bits per heavy atom. The van der Waals surface area contributed by atoms with Crippen molar-refractivity contribution < 1.29 is 48.3 Å². The van der Waals surface area contributed by atoms with Gasteiger partial charge in [-0.1, -0.05) is 29.0 Å². The third-order valence-corrected chi connectivity index (χ3v) is 4.45. The van der Waals surface area contributed by atoms with Crippen LogP contribution in [0.25, 0.3) is 0 Å². The Kier molecular flexibility index (Phi) is 7.67. The summed E-state index contributed by atoms with van der Waals surface area (Å²) in [6, 6.07) is 0. The largest absolute Gasteiger partial charge is 0.431 e. The highest BCUT2D eigenvalue weighted by atomic mass is 127. The van der Waals surface area contributed by atoms with Gasteiger partial charge in [0.2, 0.25) is 5.67 Å². The van der Waals surface area contributed by atoms with Crippen LogP contribution in [0.2, 0.25) is 0 Å². The highest BCUT2D eigenvalue weighted by Gasteiger charge is 2.71. The van der Waals surface area contributed by atoms with Crippen LogP contribution in [-0.2, 0) is 0 Å². The molecule has 0 aromatic heterocycles. The highest BCUT2D eigenvalue weighted by Crippen LogP contribution is 2.49. The normalized spacial score (nSPS) is 18.4. The Balaban J connectivity index is 4.58. The molecule has 0 spiro atoms. The topological polar surface area (TPSA) is 0 Å². The van der Waals surface area contributed by atoms with Gasteiger partial charge in [0, 0.05) is 10.3 Å². The fraction of sp³-hybridized carbons (Fsp3) is 1.00. The van der Waals surface area contributed by atoms with Crippen LogP contribution in [0.3, 0.4) is 0 Å². The van der Waals surface area contributed by atoms with Crippen molar-refractivity contribution in [1.82, 2.24) is 0 Å². The van der Waals surface area contributed by atoms with E-state index in [0.29, 0.717) is 6.92 Å². The monoisotopic (exact) mass is 494 g/mol. The van der Waals surface area contributed by atoms with E-state index in [9.17, 15) is 48.3 Å². The summed E-state index contributed by atoms with van der Waals surface area (Å²) in [6.07, 6.45) is -21.9. The van der Waals surface area contributed by atoms with Crippen molar-refractivity contribution >= 4 is 22.6 Å². The second-order valence-corrected chi connectivity index (χ2v) is 7.30. The highest BCUT2D eigenvalue weighted by molar-refractivity contribution is 14.1. The van der Waals surface area contributed by atoms with Crippen LogP contribution in [0, 0.1) is 0 Å². The lowest BCUT2D eigenvalue weighted by Crippen LogP contribution is -2.53. The number of unbranched alkanes of at least 4 members (excludes halogenated alkanes) is 1. The van der Waals surface area contributed by atoms with Crippen LogP contribution in [0.15, 0.2) is 0 Å². The molecule has 0 N–H and O–H groups in total. The van der Waals surface area contributed by atoms with E-state index in [1.165, 1.54) is 22.6 Å². The van der Waals surface area contributed by atoms with Crippen molar-refractivity contribution in [2.45, 2.75) is 72.8 Å². The Labute approximate surface area is 144 Å². The molecule has 0 bridgehead atoms. The van der Waals surface area contributed by atoms with E-state index in [1.54, 1.807) is 0 Å². The second-order valence-electron chi connectivity index (χ2n) is 5.54. The van der Waals surface area contributed by atoms with Crippen LogP contribution in [0.4, 0.5) is 48.3 Å². The molecule has 0 heterocycles.